The monoisotopic (exact) mass is 474 g/mol. The third-order valence-electron chi connectivity index (χ3n) is 6.43. The number of nitrogens with one attached hydrogen (secondary N) is 1. The number of hydrogen-bond donors (Lipinski definition) is 1. The van der Waals surface area contributed by atoms with E-state index in [1.165, 1.54) is 5.56 Å². The van der Waals surface area contributed by atoms with Crippen molar-refractivity contribution in [1.29, 1.82) is 0 Å². The lowest BCUT2D eigenvalue weighted by molar-refractivity contribution is -0.121. The first-order valence-electron chi connectivity index (χ1n) is 12.1. The molecule has 0 bridgehead atoms. The highest BCUT2D eigenvalue weighted by Crippen LogP contribution is 2.27. The van der Waals surface area contributed by atoms with E-state index in [0.717, 1.165) is 61.6 Å². The third-order valence-corrected chi connectivity index (χ3v) is 6.43. The van der Waals surface area contributed by atoms with Crippen LogP contribution in [0.1, 0.15) is 30.4 Å². The number of carbonyl (C=O) groups is 1. The zero-order valence-electron chi connectivity index (χ0n) is 20.5. The van der Waals surface area contributed by atoms with Crippen molar-refractivity contribution in [3.8, 4) is 17.2 Å². The molecule has 7 nitrogen and oxygen atoms in total. The number of carbonyl (C=O) groups excluding carboxylic acids is 1. The fraction of sp³-hybridized carbons (Fsp3) is 0.357. The Labute approximate surface area is 207 Å². The Balaban J connectivity index is 1.15. The SMILES string of the molecule is COc1ccc(CCN2CCC(NC(=O)CC=Cc3ccc(-n4ccnc4)cc3)CC2)cc1OC. The lowest BCUT2D eigenvalue weighted by Crippen LogP contribution is -2.45. The van der Waals surface area contributed by atoms with Gasteiger partial charge in [0.2, 0.25) is 5.91 Å². The Morgan fingerprint density at radius 1 is 1.09 bits per heavy atom. The number of likely N-dealkylation sites (tertiary alicyclic amines) is 1. The first kappa shape index (κ1) is 24.5. The molecular formula is C28H34N4O3. The average molecular weight is 475 g/mol. The van der Waals surface area contributed by atoms with E-state index in [9.17, 15) is 4.79 Å². The number of aromatic nitrogens is 2. The Morgan fingerprint density at radius 2 is 1.86 bits per heavy atom. The molecule has 7 heteroatoms. The molecule has 35 heavy (non-hydrogen) atoms. The molecule has 0 saturated carbocycles. The van der Waals surface area contributed by atoms with Crippen LogP contribution >= 0.6 is 0 Å². The Hall–Kier alpha value is -3.58. The van der Waals surface area contributed by atoms with Gasteiger partial charge in [0.15, 0.2) is 11.5 Å². The van der Waals surface area contributed by atoms with E-state index in [1.54, 1.807) is 26.7 Å². The quantitative estimate of drug-likeness (QED) is 0.479. The summed E-state index contributed by atoms with van der Waals surface area (Å²) in [4.78, 5) is 18.9. The smallest absolute Gasteiger partial charge is 0.224 e. The Kier molecular flexibility index (Phi) is 8.57. The summed E-state index contributed by atoms with van der Waals surface area (Å²) in [7, 11) is 3.32. The lowest BCUT2D eigenvalue weighted by Gasteiger charge is -2.32. The minimum atomic E-state index is 0.0834. The standard InChI is InChI=1S/C28H34N4O3/c1-34-26-11-8-23(20-27(26)35-2)12-16-31-17-13-24(14-18-31)30-28(33)5-3-4-22-6-9-25(10-7-22)32-19-15-29-21-32/h3-4,6-11,15,19-21,24H,5,12-14,16-18H2,1-2H3,(H,30,33). The first-order valence-corrected chi connectivity index (χ1v) is 12.1. The van der Waals surface area contributed by atoms with Gasteiger partial charge in [-0.3, -0.25) is 4.79 Å². The summed E-state index contributed by atoms with van der Waals surface area (Å²) in [5.74, 6) is 1.61. The molecule has 1 amide bonds. The van der Waals surface area contributed by atoms with Crippen molar-refractivity contribution in [3.05, 3.63) is 78.4 Å². The van der Waals surface area contributed by atoms with Crippen molar-refractivity contribution in [2.24, 2.45) is 0 Å². The van der Waals surface area contributed by atoms with E-state index in [-0.39, 0.29) is 11.9 Å². The fourth-order valence-corrected chi connectivity index (χ4v) is 4.38. The van der Waals surface area contributed by atoms with Crippen LogP contribution in [0.4, 0.5) is 0 Å². The summed E-state index contributed by atoms with van der Waals surface area (Å²) in [6.45, 7) is 2.99. The summed E-state index contributed by atoms with van der Waals surface area (Å²) in [6.07, 6.45) is 12.7. The van der Waals surface area contributed by atoms with Crippen LogP contribution in [0.2, 0.25) is 0 Å². The van der Waals surface area contributed by atoms with Gasteiger partial charge in [0.25, 0.3) is 0 Å². The van der Waals surface area contributed by atoms with Crippen LogP contribution in [0.15, 0.2) is 67.3 Å². The maximum atomic E-state index is 12.4. The van der Waals surface area contributed by atoms with E-state index in [4.69, 9.17) is 9.47 Å². The van der Waals surface area contributed by atoms with Crippen LogP contribution < -0.4 is 14.8 Å². The molecule has 1 N–H and O–H groups in total. The highest BCUT2D eigenvalue weighted by atomic mass is 16.5. The van der Waals surface area contributed by atoms with Crippen LogP contribution in [-0.2, 0) is 11.2 Å². The molecule has 3 aromatic rings. The largest absolute Gasteiger partial charge is 0.493 e. The van der Waals surface area contributed by atoms with Crippen LogP contribution in [0.25, 0.3) is 11.8 Å². The van der Waals surface area contributed by atoms with Crippen molar-refractivity contribution in [2.45, 2.75) is 31.7 Å². The van der Waals surface area contributed by atoms with Gasteiger partial charge in [0.05, 0.1) is 20.5 Å². The molecule has 0 spiro atoms. The number of amides is 1. The predicted molar refractivity (Wildman–Crippen MR) is 138 cm³/mol. The summed E-state index contributed by atoms with van der Waals surface area (Å²) in [5.41, 5.74) is 3.37. The maximum absolute atomic E-state index is 12.4. The van der Waals surface area contributed by atoms with Crippen LogP contribution in [-0.4, -0.2) is 60.3 Å². The van der Waals surface area contributed by atoms with E-state index >= 15 is 0 Å². The van der Waals surface area contributed by atoms with Gasteiger partial charge < -0.3 is 24.3 Å². The molecule has 0 radical (unpaired) electrons. The summed E-state index contributed by atoms with van der Waals surface area (Å²) in [6, 6.07) is 14.5. The van der Waals surface area contributed by atoms with Gasteiger partial charge in [0.1, 0.15) is 0 Å². The average Bonchev–Trinajstić information content (AvgIpc) is 3.43. The van der Waals surface area contributed by atoms with Gasteiger partial charge in [-0.1, -0.05) is 30.4 Å². The molecule has 1 aromatic heterocycles. The first-order chi connectivity index (χ1) is 17.1. The van der Waals surface area contributed by atoms with Crippen LogP contribution in [0.5, 0.6) is 11.5 Å². The van der Waals surface area contributed by atoms with E-state index in [2.05, 4.69) is 21.3 Å². The molecular weight excluding hydrogens is 440 g/mol. The fourth-order valence-electron chi connectivity index (χ4n) is 4.38. The number of benzene rings is 2. The van der Waals surface area contributed by atoms with Crippen molar-refractivity contribution < 1.29 is 14.3 Å². The molecule has 4 rings (SSSR count). The number of piperidine rings is 1. The highest BCUT2D eigenvalue weighted by molar-refractivity contribution is 5.78. The Morgan fingerprint density at radius 3 is 2.54 bits per heavy atom. The second-order valence-corrected chi connectivity index (χ2v) is 8.79. The van der Waals surface area contributed by atoms with Gasteiger partial charge in [0, 0.05) is 50.2 Å². The summed E-state index contributed by atoms with van der Waals surface area (Å²) >= 11 is 0. The molecule has 2 aromatic carbocycles. The van der Waals surface area contributed by atoms with E-state index < -0.39 is 0 Å². The summed E-state index contributed by atoms with van der Waals surface area (Å²) < 4.78 is 12.7. The van der Waals surface area contributed by atoms with Crippen molar-refractivity contribution in [3.63, 3.8) is 0 Å². The number of methoxy groups -OCH3 is 2. The molecule has 0 atom stereocenters. The van der Waals surface area contributed by atoms with Crippen molar-refractivity contribution >= 4 is 12.0 Å². The lowest BCUT2D eigenvalue weighted by atomic mass is 10.0. The molecule has 0 unspecified atom stereocenters. The van der Waals surface area contributed by atoms with E-state index in [1.807, 2.05) is 59.3 Å². The molecule has 184 valence electrons. The molecule has 1 fully saturated rings. The van der Waals surface area contributed by atoms with Crippen LogP contribution in [0, 0.1) is 0 Å². The molecule has 1 aliphatic rings. The van der Waals surface area contributed by atoms with Gasteiger partial charge in [-0.25, -0.2) is 4.98 Å². The molecule has 1 aliphatic heterocycles. The van der Waals surface area contributed by atoms with Crippen molar-refractivity contribution in [2.75, 3.05) is 33.9 Å². The minimum Gasteiger partial charge on any atom is -0.493 e. The second-order valence-electron chi connectivity index (χ2n) is 8.79. The number of nitrogens with zero attached hydrogens (tertiary/aromatic N) is 3. The normalized spacial score (nSPS) is 14.8. The third kappa shape index (κ3) is 6.96. The zero-order chi connectivity index (χ0) is 24.5. The molecule has 0 aliphatic carbocycles. The van der Waals surface area contributed by atoms with Gasteiger partial charge in [-0.05, 0) is 54.7 Å². The van der Waals surface area contributed by atoms with Gasteiger partial charge in [-0.2, -0.15) is 0 Å². The number of rotatable bonds is 10. The molecule has 1 saturated heterocycles. The zero-order valence-corrected chi connectivity index (χ0v) is 20.5. The topological polar surface area (TPSA) is 68.6 Å². The predicted octanol–water partition coefficient (Wildman–Crippen LogP) is 4.12. The maximum Gasteiger partial charge on any atom is 0.224 e. The Bertz CT molecular complexity index is 1100. The number of imidazole rings is 1. The second kappa shape index (κ2) is 12.2. The summed E-state index contributed by atoms with van der Waals surface area (Å²) in [5, 5.41) is 3.20. The van der Waals surface area contributed by atoms with E-state index in [0.29, 0.717) is 6.42 Å². The van der Waals surface area contributed by atoms with Crippen molar-refractivity contribution in [1.82, 2.24) is 19.8 Å². The van der Waals surface area contributed by atoms with Gasteiger partial charge in [-0.15, -0.1) is 0 Å². The van der Waals surface area contributed by atoms with Gasteiger partial charge >= 0.3 is 0 Å². The number of hydrogen-bond acceptors (Lipinski definition) is 5. The minimum absolute atomic E-state index is 0.0834. The highest BCUT2D eigenvalue weighted by Gasteiger charge is 2.20. The molecule has 2 heterocycles. The van der Waals surface area contributed by atoms with Crippen LogP contribution in [0.3, 0.4) is 0 Å². The number of ether oxygens (including phenoxy) is 2.